The topological polar surface area (TPSA) is 46.2 Å². The molecule has 0 aliphatic carbocycles. The van der Waals surface area contributed by atoms with E-state index in [2.05, 4.69) is 19.2 Å². The van der Waals surface area contributed by atoms with Gasteiger partial charge in [-0.3, -0.25) is 9.59 Å². The molecule has 1 atom stereocenters. The zero-order valence-electron chi connectivity index (χ0n) is 11.5. The van der Waals surface area contributed by atoms with E-state index in [0.717, 1.165) is 12.0 Å². The van der Waals surface area contributed by atoms with Crippen LogP contribution in [0.5, 0.6) is 0 Å². The first-order valence-electron chi connectivity index (χ1n) is 6.40. The number of hydrogen-bond acceptors (Lipinski definition) is 2. The van der Waals surface area contributed by atoms with Crippen molar-refractivity contribution in [2.75, 3.05) is 0 Å². The van der Waals surface area contributed by atoms with Crippen molar-refractivity contribution >= 4 is 11.7 Å². The Morgan fingerprint density at radius 1 is 1.11 bits per heavy atom. The molecule has 1 aromatic rings. The molecule has 1 aromatic carbocycles. The molecule has 3 nitrogen and oxygen atoms in total. The second-order valence-electron chi connectivity index (χ2n) is 4.89. The van der Waals surface area contributed by atoms with Crippen LogP contribution in [0.4, 0.5) is 0 Å². The molecule has 0 saturated carbocycles. The minimum Gasteiger partial charge on any atom is -0.347 e. The first-order valence-corrected chi connectivity index (χ1v) is 6.40. The van der Waals surface area contributed by atoms with Gasteiger partial charge < -0.3 is 5.32 Å². The molecule has 98 valence electrons. The molecular weight excluding hydrogens is 226 g/mol. The van der Waals surface area contributed by atoms with Gasteiger partial charge in [-0.15, -0.1) is 0 Å². The highest BCUT2D eigenvalue weighted by Gasteiger charge is 2.17. The van der Waals surface area contributed by atoms with Crippen molar-refractivity contribution in [2.45, 2.75) is 46.1 Å². The minimum absolute atomic E-state index is 0.0244. The summed E-state index contributed by atoms with van der Waals surface area (Å²) in [5.74, 6) is -0.574. The summed E-state index contributed by atoms with van der Waals surface area (Å²) in [7, 11) is 0. The molecule has 3 heteroatoms. The van der Waals surface area contributed by atoms with Gasteiger partial charge in [0, 0.05) is 11.6 Å². The van der Waals surface area contributed by atoms with Crippen molar-refractivity contribution in [3.63, 3.8) is 0 Å². The minimum atomic E-state index is -0.526. The lowest BCUT2D eigenvalue weighted by Gasteiger charge is -2.11. The molecule has 1 unspecified atom stereocenters. The molecule has 1 amide bonds. The molecule has 0 saturated heterocycles. The molecular formula is C15H21NO2. The van der Waals surface area contributed by atoms with Gasteiger partial charge in [-0.05, 0) is 24.8 Å². The highest BCUT2D eigenvalue weighted by Crippen LogP contribution is 2.15. The van der Waals surface area contributed by atoms with Crippen molar-refractivity contribution in [1.29, 1.82) is 0 Å². The Morgan fingerprint density at radius 3 is 2.11 bits per heavy atom. The molecule has 0 radical (unpaired) electrons. The van der Waals surface area contributed by atoms with E-state index in [-0.39, 0.29) is 6.04 Å². The molecule has 0 aliphatic heterocycles. The van der Waals surface area contributed by atoms with Gasteiger partial charge in [0.15, 0.2) is 0 Å². The highest BCUT2D eigenvalue weighted by atomic mass is 16.2. The lowest BCUT2D eigenvalue weighted by atomic mass is 10.0. The lowest BCUT2D eigenvalue weighted by molar-refractivity contribution is -0.117. The van der Waals surface area contributed by atoms with E-state index in [1.54, 1.807) is 12.1 Å². The second kappa shape index (κ2) is 6.34. The van der Waals surface area contributed by atoms with Crippen molar-refractivity contribution in [2.24, 2.45) is 0 Å². The molecule has 0 bridgehead atoms. The summed E-state index contributed by atoms with van der Waals surface area (Å²) in [5.41, 5.74) is 1.61. The average molecular weight is 247 g/mol. The SMILES string of the molecule is CCC(C)NC(=O)C(=O)c1ccc(C(C)C)cc1. The fourth-order valence-corrected chi connectivity index (χ4v) is 1.54. The molecule has 0 heterocycles. The van der Waals surface area contributed by atoms with E-state index in [9.17, 15) is 9.59 Å². The fourth-order valence-electron chi connectivity index (χ4n) is 1.54. The van der Waals surface area contributed by atoms with Gasteiger partial charge in [-0.1, -0.05) is 45.0 Å². The Kier molecular flexibility index (Phi) is 5.08. The first-order chi connectivity index (χ1) is 8.45. The quantitative estimate of drug-likeness (QED) is 0.642. The Bertz CT molecular complexity index is 421. The van der Waals surface area contributed by atoms with Crippen LogP contribution in [0.2, 0.25) is 0 Å². The zero-order chi connectivity index (χ0) is 13.7. The van der Waals surface area contributed by atoms with Gasteiger partial charge in [0.2, 0.25) is 5.78 Å². The van der Waals surface area contributed by atoms with E-state index in [0.29, 0.717) is 11.5 Å². The van der Waals surface area contributed by atoms with Crippen LogP contribution in [0.25, 0.3) is 0 Å². The molecule has 0 spiro atoms. The lowest BCUT2D eigenvalue weighted by Crippen LogP contribution is -2.37. The third-order valence-corrected chi connectivity index (χ3v) is 3.04. The number of carbonyl (C=O) groups is 2. The van der Waals surface area contributed by atoms with E-state index in [1.165, 1.54) is 0 Å². The summed E-state index contributed by atoms with van der Waals surface area (Å²) in [6.07, 6.45) is 0.811. The van der Waals surface area contributed by atoms with Gasteiger partial charge in [0.1, 0.15) is 0 Å². The second-order valence-corrected chi connectivity index (χ2v) is 4.89. The predicted octanol–water partition coefficient (Wildman–Crippen LogP) is 2.91. The number of ketones is 1. The standard InChI is InChI=1S/C15H21NO2/c1-5-11(4)16-15(18)14(17)13-8-6-12(7-9-13)10(2)3/h6-11H,5H2,1-4H3,(H,16,18). The maximum atomic E-state index is 11.9. The van der Waals surface area contributed by atoms with Gasteiger partial charge in [0.05, 0.1) is 0 Å². The number of carbonyl (C=O) groups excluding carboxylic acids is 2. The normalized spacial score (nSPS) is 12.3. The van der Waals surface area contributed by atoms with Crippen LogP contribution in [0, 0.1) is 0 Å². The Labute approximate surface area is 109 Å². The van der Waals surface area contributed by atoms with E-state index in [4.69, 9.17) is 0 Å². The van der Waals surface area contributed by atoms with Crippen LogP contribution in [-0.4, -0.2) is 17.7 Å². The predicted molar refractivity (Wildman–Crippen MR) is 72.8 cm³/mol. The summed E-state index contributed by atoms with van der Waals surface area (Å²) in [5, 5.41) is 2.68. The summed E-state index contributed by atoms with van der Waals surface area (Å²) < 4.78 is 0. The largest absolute Gasteiger partial charge is 0.347 e. The van der Waals surface area contributed by atoms with Crippen LogP contribution in [0.1, 0.15) is 56.0 Å². The Balaban J connectivity index is 2.75. The van der Waals surface area contributed by atoms with Gasteiger partial charge in [0.25, 0.3) is 5.91 Å². The zero-order valence-corrected chi connectivity index (χ0v) is 11.5. The number of benzene rings is 1. The molecule has 1 rings (SSSR count). The average Bonchev–Trinajstić information content (AvgIpc) is 2.37. The van der Waals surface area contributed by atoms with E-state index >= 15 is 0 Å². The Morgan fingerprint density at radius 2 is 1.67 bits per heavy atom. The van der Waals surface area contributed by atoms with E-state index in [1.807, 2.05) is 26.0 Å². The summed E-state index contributed by atoms with van der Waals surface area (Å²) in [6.45, 7) is 8.03. The van der Waals surface area contributed by atoms with E-state index < -0.39 is 11.7 Å². The van der Waals surface area contributed by atoms with Crippen molar-refractivity contribution in [1.82, 2.24) is 5.32 Å². The molecule has 0 aromatic heterocycles. The third-order valence-electron chi connectivity index (χ3n) is 3.04. The third kappa shape index (κ3) is 3.69. The van der Waals surface area contributed by atoms with Crippen LogP contribution in [0.15, 0.2) is 24.3 Å². The number of Topliss-reactive ketones (excluding diaryl/α,β-unsaturated/α-hetero) is 1. The maximum Gasteiger partial charge on any atom is 0.292 e. The smallest absolute Gasteiger partial charge is 0.292 e. The van der Waals surface area contributed by atoms with Crippen LogP contribution >= 0.6 is 0 Å². The molecule has 1 N–H and O–H groups in total. The van der Waals surface area contributed by atoms with Crippen LogP contribution < -0.4 is 5.32 Å². The molecule has 18 heavy (non-hydrogen) atoms. The summed E-state index contributed by atoms with van der Waals surface area (Å²) in [4.78, 5) is 23.5. The number of rotatable bonds is 5. The molecule has 0 fully saturated rings. The number of hydrogen-bond donors (Lipinski definition) is 1. The number of nitrogens with one attached hydrogen (secondary N) is 1. The van der Waals surface area contributed by atoms with Crippen molar-refractivity contribution in [3.05, 3.63) is 35.4 Å². The monoisotopic (exact) mass is 247 g/mol. The molecule has 0 aliphatic rings. The highest BCUT2D eigenvalue weighted by molar-refractivity contribution is 6.42. The summed E-state index contributed by atoms with van der Waals surface area (Å²) in [6, 6.07) is 7.25. The van der Waals surface area contributed by atoms with Crippen molar-refractivity contribution in [3.8, 4) is 0 Å². The van der Waals surface area contributed by atoms with Crippen LogP contribution in [0.3, 0.4) is 0 Å². The summed E-state index contributed by atoms with van der Waals surface area (Å²) >= 11 is 0. The number of amides is 1. The van der Waals surface area contributed by atoms with Crippen molar-refractivity contribution < 1.29 is 9.59 Å². The first kappa shape index (κ1) is 14.4. The van der Waals surface area contributed by atoms with Gasteiger partial charge >= 0.3 is 0 Å². The van der Waals surface area contributed by atoms with Gasteiger partial charge in [-0.25, -0.2) is 0 Å². The fraction of sp³-hybridized carbons (Fsp3) is 0.467. The maximum absolute atomic E-state index is 11.9. The van der Waals surface area contributed by atoms with Crippen LogP contribution in [-0.2, 0) is 4.79 Å². The Hall–Kier alpha value is -1.64. The van der Waals surface area contributed by atoms with Gasteiger partial charge in [-0.2, -0.15) is 0 Å².